The zero-order valence-corrected chi connectivity index (χ0v) is 23.4. The van der Waals surface area contributed by atoms with Gasteiger partial charge in [-0.05, 0) is 42.9 Å². The van der Waals surface area contributed by atoms with Crippen LogP contribution in [0, 0.1) is 0 Å². The van der Waals surface area contributed by atoms with E-state index in [1.165, 1.54) is 11.8 Å². The van der Waals surface area contributed by atoms with Crippen molar-refractivity contribution in [3.05, 3.63) is 36.0 Å². The van der Waals surface area contributed by atoms with Crippen LogP contribution in [0.1, 0.15) is 37.7 Å². The van der Waals surface area contributed by atoms with Gasteiger partial charge in [0.1, 0.15) is 18.1 Å². The summed E-state index contributed by atoms with van der Waals surface area (Å²) < 4.78 is 0. The van der Waals surface area contributed by atoms with Crippen LogP contribution in [0.15, 0.2) is 30.5 Å². The molecular formula is C26H36N6O8S. The van der Waals surface area contributed by atoms with Gasteiger partial charge in [-0.1, -0.05) is 18.2 Å². The first kappa shape index (κ1) is 33.1. The number of aromatic nitrogens is 1. The number of thioether (sulfide) groups is 1. The van der Waals surface area contributed by atoms with Gasteiger partial charge in [-0.2, -0.15) is 11.8 Å². The third-order valence-electron chi connectivity index (χ3n) is 6.28. The molecule has 10 N–H and O–H groups in total. The molecule has 4 unspecified atom stereocenters. The highest BCUT2D eigenvalue weighted by Gasteiger charge is 2.31. The summed E-state index contributed by atoms with van der Waals surface area (Å²) in [5.41, 5.74) is 12.3. The standard InChI is InChI=1S/C26H36N6O8S/c1-41-11-10-19(26(39)40)31-25(38)20(12-14-13-29-17-5-3-2-4-15(14)17)32-24(37)18(7-9-22(34)35)30-23(36)16(27)6-8-21(28)33/h2-5,13,16,18-20,29H,6-12,27H2,1H3,(H2,28,33)(H,30,36)(H,31,38)(H,32,37)(H,34,35)(H,39,40). The lowest BCUT2D eigenvalue weighted by Crippen LogP contribution is -2.57. The number of carboxylic acid groups (broad SMARTS) is 2. The maximum absolute atomic E-state index is 13.3. The SMILES string of the molecule is CSCCC(NC(=O)C(Cc1c[nH]c2ccccc12)NC(=O)C(CCC(=O)O)NC(=O)C(N)CCC(N)=O)C(=O)O. The molecule has 14 nitrogen and oxygen atoms in total. The lowest BCUT2D eigenvalue weighted by molar-refractivity contribution is -0.142. The van der Waals surface area contributed by atoms with Gasteiger partial charge in [0, 0.05) is 36.4 Å². The fraction of sp³-hybridized carbons (Fsp3) is 0.462. The minimum Gasteiger partial charge on any atom is -0.481 e. The van der Waals surface area contributed by atoms with Gasteiger partial charge in [-0.25, -0.2) is 4.79 Å². The van der Waals surface area contributed by atoms with Gasteiger partial charge in [0.25, 0.3) is 0 Å². The molecule has 0 aliphatic carbocycles. The number of carboxylic acids is 2. The van der Waals surface area contributed by atoms with Gasteiger partial charge in [-0.15, -0.1) is 0 Å². The van der Waals surface area contributed by atoms with Gasteiger partial charge in [0.15, 0.2) is 0 Å². The Morgan fingerprint density at radius 2 is 1.51 bits per heavy atom. The van der Waals surface area contributed by atoms with Crippen LogP contribution in [-0.4, -0.2) is 86.9 Å². The number of benzene rings is 1. The van der Waals surface area contributed by atoms with Gasteiger partial charge >= 0.3 is 11.9 Å². The van der Waals surface area contributed by atoms with Crippen molar-refractivity contribution < 1.29 is 39.0 Å². The van der Waals surface area contributed by atoms with E-state index in [-0.39, 0.29) is 32.1 Å². The molecule has 2 aromatic rings. The Morgan fingerprint density at radius 1 is 0.878 bits per heavy atom. The van der Waals surface area contributed by atoms with Gasteiger partial charge in [-0.3, -0.25) is 24.0 Å². The number of nitrogens with one attached hydrogen (secondary N) is 4. The van der Waals surface area contributed by atoms with Crippen molar-refractivity contribution in [3.63, 3.8) is 0 Å². The van der Waals surface area contributed by atoms with Crippen LogP contribution in [-0.2, 0) is 35.2 Å². The van der Waals surface area contributed by atoms with E-state index >= 15 is 0 Å². The summed E-state index contributed by atoms with van der Waals surface area (Å²) in [5.74, 6) is -5.09. The van der Waals surface area contributed by atoms with E-state index in [4.69, 9.17) is 16.6 Å². The van der Waals surface area contributed by atoms with Crippen molar-refractivity contribution in [3.8, 4) is 0 Å². The molecule has 0 radical (unpaired) electrons. The Balaban J connectivity index is 2.30. The van der Waals surface area contributed by atoms with Gasteiger partial charge in [0.2, 0.25) is 23.6 Å². The Labute approximate surface area is 240 Å². The molecule has 0 bridgehead atoms. The van der Waals surface area contributed by atoms with Crippen LogP contribution >= 0.6 is 11.8 Å². The van der Waals surface area contributed by atoms with E-state index in [0.29, 0.717) is 11.3 Å². The van der Waals surface area contributed by atoms with E-state index < -0.39 is 66.2 Å². The van der Waals surface area contributed by atoms with Crippen LogP contribution in [0.4, 0.5) is 0 Å². The number of aromatic amines is 1. The summed E-state index contributed by atoms with van der Waals surface area (Å²) in [5, 5.41) is 26.9. The first-order chi connectivity index (χ1) is 19.4. The van der Waals surface area contributed by atoms with Crippen molar-refractivity contribution in [2.24, 2.45) is 11.5 Å². The number of aliphatic carboxylic acids is 2. The lowest BCUT2D eigenvalue weighted by atomic mass is 10.0. The second kappa shape index (κ2) is 16.2. The third kappa shape index (κ3) is 10.8. The van der Waals surface area contributed by atoms with Crippen LogP contribution in [0.5, 0.6) is 0 Å². The van der Waals surface area contributed by atoms with E-state index in [2.05, 4.69) is 20.9 Å². The smallest absolute Gasteiger partial charge is 0.326 e. The molecule has 1 aromatic heterocycles. The maximum atomic E-state index is 13.3. The summed E-state index contributed by atoms with van der Waals surface area (Å²) in [4.78, 5) is 76.3. The van der Waals surface area contributed by atoms with Gasteiger partial charge < -0.3 is 42.6 Å². The molecule has 0 saturated carbocycles. The largest absolute Gasteiger partial charge is 0.481 e. The summed E-state index contributed by atoms with van der Waals surface area (Å²) in [6.07, 6.45) is 2.52. The van der Waals surface area contributed by atoms with Crippen LogP contribution < -0.4 is 27.4 Å². The zero-order valence-electron chi connectivity index (χ0n) is 22.6. The lowest BCUT2D eigenvalue weighted by Gasteiger charge is -2.25. The first-order valence-corrected chi connectivity index (χ1v) is 14.3. The number of primary amides is 1. The number of hydrogen-bond acceptors (Lipinski definition) is 8. The Morgan fingerprint density at radius 3 is 2.15 bits per heavy atom. The molecule has 4 amide bonds. The van der Waals surface area contributed by atoms with E-state index in [9.17, 15) is 33.9 Å². The molecule has 2 rings (SSSR count). The van der Waals surface area contributed by atoms with Crippen molar-refractivity contribution in [2.45, 2.75) is 62.7 Å². The summed E-state index contributed by atoms with van der Waals surface area (Å²) in [6.45, 7) is 0. The third-order valence-corrected chi connectivity index (χ3v) is 6.92. The quantitative estimate of drug-likeness (QED) is 0.110. The van der Waals surface area contributed by atoms with Crippen molar-refractivity contribution in [1.82, 2.24) is 20.9 Å². The predicted molar refractivity (Wildman–Crippen MR) is 152 cm³/mol. The molecule has 0 saturated heterocycles. The van der Waals surface area contributed by atoms with Crippen molar-refractivity contribution in [2.75, 3.05) is 12.0 Å². The predicted octanol–water partition coefficient (Wildman–Crippen LogP) is -0.540. The molecule has 0 aliphatic rings. The van der Waals surface area contributed by atoms with Crippen LogP contribution in [0.25, 0.3) is 10.9 Å². The normalized spacial score (nSPS) is 13.9. The molecule has 0 aliphatic heterocycles. The second-order valence-corrected chi connectivity index (χ2v) is 10.4. The molecule has 1 aromatic carbocycles. The Hall–Kier alpha value is -4.11. The molecule has 1 heterocycles. The average molecular weight is 593 g/mol. The molecule has 15 heteroatoms. The summed E-state index contributed by atoms with van der Waals surface area (Å²) in [6, 6.07) is 2.21. The number of rotatable bonds is 18. The van der Waals surface area contributed by atoms with Gasteiger partial charge in [0.05, 0.1) is 6.04 Å². The highest BCUT2D eigenvalue weighted by atomic mass is 32.2. The van der Waals surface area contributed by atoms with E-state index in [1.807, 2.05) is 18.2 Å². The number of H-pyrrole nitrogens is 1. The Bertz CT molecular complexity index is 1250. The van der Waals surface area contributed by atoms with E-state index in [1.54, 1.807) is 18.5 Å². The highest BCUT2D eigenvalue weighted by molar-refractivity contribution is 7.98. The van der Waals surface area contributed by atoms with Crippen molar-refractivity contribution in [1.29, 1.82) is 0 Å². The molecule has 0 fully saturated rings. The first-order valence-electron chi connectivity index (χ1n) is 12.9. The minimum absolute atomic E-state index is 0.0336. The summed E-state index contributed by atoms with van der Waals surface area (Å²) in [7, 11) is 0. The summed E-state index contributed by atoms with van der Waals surface area (Å²) >= 11 is 1.41. The molecule has 224 valence electrons. The molecular weight excluding hydrogens is 556 g/mol. The number of amides is 4. The number of carbonyl (C=O) groups is 6. The number of para-hydroxylation sites is 1. The average Bonchev–Trinajstić information content (AvgIpc) is 3.33. The fourth-order valence-electron chi connectivity index (χ4n) is 4.01. The molecule has 0 spiro atoms. The fourth-order valence-corrected chi connectivity index (χ4v) is 4.48. The van der Waals surface area contributed by atoms with E-state index in [0.717, 1.165) is 10.9 Å². The molecule has 4 atom stereocenters. The monoisotopic (exact) mass is 592 g/mol. The van der Waals surface area contributed by atoms with Crippen LogP contribution in [0.2, 0.25) is 0 Å². The Kier molecular flexibility index (Phi) is 13.1. The zero-order chi connectivity index (χ0) is 30.5. The number of nitrogens with two attached hydrogens (primary N) is 2. The van der Waals surface area contributed by atoms with Crippen molar-refractivity contribution >= 4 is 58.2 Å². The maximum Gasteiger partial charge on any atom is 0.326 e. The topological polar surface area (TPSA) is 247 Å². The minimum atomic E-state index is -1.39. The van der Waals surface area contributed by atoms with Crippen LogP contribution in [0.3, 0.4) is 0 Å². The number of fused-ring (bicyclic) bond motifs is 1. The number of carbonyl (C=O) groups excluding carboxylic acids is 4. The second-order valence-electron chi connectivity index (χ2n) is 9.41. The highest BCUT2D eigenvalue weighted by Crippen LogP contribution is 2.19. The molecule has 41 heavy (non-hydrogen) atoms. The number of hydrogen-bond donors (Lipinski definition) is 8.